The minimum absolute atomic E-state index is 0.274. The quantitative estimate of drug-likeness (QED) is 0.506. The average molecular weight is 261 g/mol. The number of nitrogens with one attached hydrogen (secondary N) is 1. The third kappa shape index (κ3) is 2.27. The fourth-order valence-electron chi connectivity index (χ4n) is 1.76. The van der Waals surface area contributed by atoms with Gasteiger partial charge in [-0.05, 0) is 18.9 Å². The molecule has 0 atom stereocenters. The summed E-state index contributed by atoms with van der Waals surface area (Å²) in [5, 5.41) is 0.864. The zero-order chi connectivity index (χ0) is 13.1. The molecule has 3 N–H and O–H groups in total. The van der Waals surface area contributed by atoms with E-state index < -0.39 is 0 Å². The first-order valence-corrected chi connectivity index (χ1v) is 6.55. The smallest absolute Gasteiger partial charge is 0.277 e. The van der Waals surface area contributed by atoms with Gasteiger partial charge in [-0.25, -0.2) is 10.8 Å². The van der Waals surface area contributed by atoms with E-state index in [9.17, 15) is 4.79 Å². The number of nitrogen functional groups attached to an aromatic ring is 1. The topological polar surface area (TPSA) is 68.0 Å². The highest BCUT2D eigenvalue weighted by Gasteiger charge is 2.17. The highest BCUT2D eigenvalue weighted by Crippen LogP contribution is 2.30. The molecule has 0 aliphatic heterocycles. The normalized spacial score (nSPS) is 10.4. The van der Waals surface area contributed by atoms with Crippen LogP contribution in [0.1, 0.15) is 27.9 Å². The minimum atomic E-state index is -0.274. The molecule has 0 fully saturated rings. The first-order chi connectivity index (χ1) is 8.67. The molecule has 0 unspecified atom stereocenters. The number of aryl methyl sites for hydroxylation is 2. The van der Waals surface area contributed by atoms with E-state index in [-0.39, 0.29) is 5.91 Å². The monoisotopic (exact) mass is 261 g/mol. The Kier molecular flexibility index (Phi) is 3.74. The number of benzene rings is 1. The Labute approximate surface area is 110 Å². The largest absolute Gasteiger partial charge is 0.289 e. The van der Waals surface area contributed by atoms with Crippen LogP contribution in [0.25, 0.3) is 10.6 Å². The van der Waals surface area contributed by atoms with Crippen molar-refractivity contribution in [2.45, 2.75) is 20.3 Å². The summed E-state index contributed by atoms with van der Waals surface area (Å²) in [7, 11) is 0. The second kappa shape index (κ2) is 5.29. The highest BCUT2D eigenvalue weighted by atomic mass is 32.1. The summed E-state index contributed by atoms with van der Waals surface area (Å²) >= 11 is 1.38. The molecule has 1 heterocycles. The van der Waals surface area contributed by atoms with E-state index in [1.165, 1.54) is 11.3 Å². The van der Waals surface area contributed by atoms with E-state index in [2.05, 4.69) is 10.4 Å². The van der Waals surface area contributed by atoms with E-state index >= 15 is 0 Å². The van der Waals surface area contributed by atoms with Gasteiger partial charge in [-0.3, -0.25) is 10.2 Å². The van der Waals surface area contributed by atoms with Crippen molar-refractivity contribution in [3.05, 3.63) is 40.4 Å². The van der Waals surface area contributed by atoms with Gasteiger partial charge >= 0.3 is 0 Å². The van der Waals surface area contributed by atoms with Crippen molar-refractivity contribution >= 4 is 17.2 Å². The van der Waals surface area contributed by atoms with Gasteiger partial charge < -0.3 is 0 Å². The van der Waals surface area contributed by atoms with Gasteiger partial charge in [-0.1, -0.05) is 31.2 Å². The van der Waals surface area contributed by atoms with Crippen molar-refractivity contribution in [2.75, 3.05) is 0 Å². The lowest BCUT2D eigenvalue weighted by Crippen LogP contribution is -2.30. The van der Waals surface area contributed by atoms with E-state index in [0.717, 1.165) is 21.8 Å². The Hall–Kier alpha value is -1.72. The second-order valence-electron chi connectivity index (χ2n) is 3.94. The van der Waals surface area contributed by atoms with Gasteiger partial charge in [0.25, 0.3) is 5.91 Å². The Balaban J connectivity index is 2.51. The zero-order valence-corrected chi connectivity index (χ0v) is 11.2. The number of nitrogens with two attached hydrogens (primary N) is 1. The van der Waals surface area contributed by atoms with Crippen LogP contribution in [0.3, 0.4) is 0 Å². The summed E-state index contributed by atoms with van der Waals surface area (Å²) in [6.45, 7) is 4.01. The summed E-state index contributed by atoms with van der Waals surface area (Å²) in [6.07, 6.45) is 0.713. The van der Waals surface area contributed by atoms with Gasteiger partial charge in [-0.2, -0.15) is 0 Å². The molecule has 0 spiro atoms. The first kappa shape index (κ1) is 12.7. The van der Waals surface area contributed by atoms with E-state index in [1.54, 1.807) is 0 Å². The minimum Gasteiger partial charge on any atom is -0.289 e. The summed E-state index contributed by atoms with van der Waals surface area (Å²) < 4.78 is 0. The molecule has 0 bridgehead atoms. The van der Waals surface area contributed by atoms with Crippen LogP contribution in [0.5, 0.6) is 0 Å². The Morgan fingerprint density at radius 2 is 2.17 bits per heavy atom. The van der Waals surface area contributed by atoms with Gasteiger partial charge in [-0.15, -0.1) is 11.3 Å². The third-order valence-electron chi connectivity index (χ3n) is 2.75. The number of carbonyl (C=O) groups excluding carboxylic acids is 1. The molecule has 94 valence electrons. The summed E-state index contributed by atoms with van der Waals surface area (Å²) in [5.74, 6) is 4.91. The van der Waals surface area contributed by atoms with Gasteiger partial charge in [0.15, 0.2) is 0 Å². The number of amides is 1. The van der Waals surface area contributed by atoms with Crippen LogP contribution in [0, 0.1) is 6.92 Å². The lowest BCUT2D eigenvalue weighted by Gasteiger charge is -1.99. The van der Waals surface area contributed by atoms with Gasteiger partial charge in [0, 0.05) is 5.56 Å². The van der Waals surface area contributed by atoms with Crippen LogP contribution in [0.2, 0.25) is 0 Å². The summed E-state index contributed by atoms with van der Waals surface area (Å²) in [4.78, 5) is 16.8. The first-order valence-electron chi connectivity index (χ1n) is 5.74. The predicted molar refractivity (Wildman–Crippen MR) is 73.3 cm³/mol. The number of aromatic nitrogens is 1. The molecule has 0 saturated carbocycles. The molecule has 2 aromatic rings. The molecule has 4 nitrogen and oxygen atoms in total. The fourth-order valence-corrected chi connectivity index (χ4v) is 2.91. The third-order valence-corrected chi connectivity index (χ3v) is 3.87. The molecule has 0 aliphatic rings. The van der Waals surface area contributed by atoms with Crippen LogP contribution in [-0.2, 0) is 6.42 Å². The Morgan fingerprint density at radius 1 is 1.44 bits per heavy atom. The molecular weight excluding hydrogens is 246 g/mol. The van der Waals surface area contributed by atoms with Crippen LogP contribution in [0.4, 0.5) is 0 Å². The van der Waals surface area contributed by atoms with Crippen LogP contribution in [-0.4, -0.2) is 10.9 Å². The zero-order valence-electron chi connectivity index (χ0n) is 10.4. The maximum atomic E-state index is 11.7. The van der Waals surface area contributed by atoms with Crippen LogP contribution >= 0.6 is 11.3 Å². The van der Waals surface area contributed by atoms with Crippen LogP contribution in [0.15, 0.2) is 24.3 Å². The number of carbonyl (C=O) groups is 1. The molecule has 1 aromatic carbocycles. The van der Waals surface area contributed by atoms with E-state index in [0.29, 0.717) is 11.3 Å². The number of nitrogens with zero attached hydrogens (tertiary/aromatic N) is 1. The molecule has 1 amide bonds. The SMILES string of the molecule is CCc1nc(-c2ccccc2C)sc1C(=O)NN. The molecule has 18 heavy (non-hydrogen) atoms. The maximum absolute atomic E-state index is 11.7. The molecule has 0 radical (unpaired) electrons. The van der Waals surface area contributed by atoms with Crippen molar-refractivity contribution < 1.29 is 4.79 Å². The Bertz CT molecular complexity index is 577. The van der Waals surface area contributed by atoms with Crippen molar-refractivity contribution in [3.8, 4) is 10.6 Å². The molecule has 1 aromatic heterocycles. The summed E-state index contributed by atoms with van der Waals surface area (Å²) in [5.41, 5.74) is 5.17. The van der Waals surface area contributed by atoms with Crippen molar-refractivity contribution in [2.24, 2.45) is 5.84 Å². The van der Waals surface area contributed by atoms with Crippen molar-refractivity contribution in [1.29, 1.82) is 0 Å². The lowest BCUT2D eigenvalue weighted by atomic mass is 10.1. The Morgan fingerprint density at radius 3 is 2.78 bits per heavy atom. The van der Waals surface area contributed by atoms with Gasteiger partial charge in [0.1, 0.15) is 9.88 Å². The second-order valence-corrected chi connectivity index (χ2v) is 4.94. The fraction of sp³-hybridized carbons (Fsp3) is 0.231. The average Bonchev–Trinajstić information content (AvgIpc) is 2.82. The molecular formula is C13H15N3OS. The highest BCUT2D eigenvalue weighted by molar-refractivity contribution is 7.17. The number of hydrogen-bond donors (Lipinski definition) is 2. The predicted octanol–water partition coefficient (Wildman–Crippen LogP) is 2.28. The van der Waals surface area contributed by atoms with E-state index in [1.807, 2.05) is 38.1 Å². The van der Waals surface area contributed by atoms with Crippen molar-refractivity contribution in [1.82, 2.24) is 10.4 Å². The van der Waals surface area contributed by atoms with Crippen molar-refractivity contribution in [3.63, 3.8) is 0 Å². The molecule has 2 rings (SSSR count). The number of hydrazine groups is 1. The lowest BCUT2D eigenvalue weighted by molar-refractivity contribution is 0.0956. The summed E-state index contributed by atoms with van der Waals surface area (Å²) in [6, 6.07) is 8.00. The van der Waals surface area contributed by atoms with Gasteiger partial charge in [0.05, 0.1) is 5.69 Å². The van der Waals surface area contributed by atoms with Crippen LogP contribution < -0.4 is 11.3 Å². The number of thiazole rings is 1. The molecule has 0 aliphatic carbocycles. The number of rotatable bonds is 3. The number of hydrogen-bond acceptors (Lipinski definition) is 4. The standard InChI is InChI=1S/C13H15N3OS/c1-3-10-11(12(17)16-14)18-13(15-10)9-7-5-4-6-8(9)2/h4-7H,3,14H2,1-2H3,(H,16,17). The maximum Gasteiger partial charge on any atom is 0.277 e. The molecule has 5 heteroatoms. The molecule has 0 saturated heterocycles. The van der Waals surface area contributed by atoms with Gasteiger partial charge in [0.2, 0.25) is 0 Å². The van der Waals surface area contributed by atoms with E-state index in [4.69, 9.17) is 5.84 Å².